The van der Waals surface area contributed by atoms with E-state index in [1.807, 2.05) is 25.1 Å². The van der Waals surface area contributed by atoms with E-state index in [0.717, 1.165) is 42.2 Å². The van der Waals surface area contributed by atoms with Gasteiger partial charge in [0.15, 0.2) is 0 Å². The normalized spacial score (nSPS) is 10.9. The lowest BCUT2D eigenvalue weighted by Crippen LogP contribution is -1.98. The first-order valence-electron chi connectivity index (χ1n) is 11.6. The van der Waals surface area contributed by atoms with E-state index in [2.05, 4.69) is 96.0 Å². The Kier molecular flexibility index (Phi) is 8.61. The predicted molar refractivity (Wildman–Crippen MR) is 143 cm³/mol. The molecule has 2 aromatic heterocycles. The zero-order chi connectivity index (χ0) is 22.8. The highest BCUT2D eigenvalue weighted by Gasteiger charge is 1.99. The second-order valence-electron chi connectivity index (χ2n) is 7.68. The van der Waals surface area contributed by atoms with Crippen molar-refractivity contribution in [1.82, 2.24) is 9.97 Å². The Hall–Kier alpha value is -3.40. The van der Waals surface area contributed by atoms with Gasteiger partial charge in [-0.2, -0.15) is 0 Å². The van der Waals surface area contributed by atoms with Crippen molar-refractivity contribution in [3.63, 3.8) is 0 Å². The number of allylic oxidation sites excluding steroid dienone is 1. The summed E-state index contributed by atoms with van der Waals surface area (Å²) in [6.07, 6.45) is 6.47. The van der Waals surface area contributed by atoms with Crippen LogP contribution in [0.1, 0.15) is 46.7 Å². The average Bonchev–Trinajstić information content (AvgIpc) is 2.80. The van der Waals surface area contributed by atoms with Gasteiger partial charge >= 0.3 is 0 Å². The van der Waals surface area contributed by atoms with Gasteiger partial charge in [0.25, 0.3) is 0 Å². The molecule has 4 aromatic rings. The molecular formula is C28H36N4. The number of anilines is 2. The molecule has 2 aromatic carbocycles. The van der Waals surface area contributed by atoms with Crippen molar-refractivity contribution < 1.29 is 1.43 Å². The van der Waals surface area contributed by atoms with Crippen LogP contribution < -0.4 is 10.6 Å². The van der Waals surface area contributed by atoms with Gasteiger partial charge in [-0.3, -0.25) is 0 Å². The number of pyridine rings is 2. The minimum Gasteiger partial charge on any atom is -0.370 e. The maximum absolute atomic E-state index is 4.56. The van der Waals surface area contributed by atoms with Crippen molar-refractivity contribution in [2.45, 2.75) is 40.5 Å². The molecule has 0 amide bonds. The van der Waals surface area contributed by atoms with Crippen LogP contribution in [-0.2, 0) is 6.42 Å². The van der Waals surface area contributed by atoms with Crippen molar-refractivity contribution in [3.05, 3.63) is 77.9 Å². The molecule has 0 fully saturated rings. The highest BCUT2D eigenvalue weighted by molar-refractivity contribution is 5.83. The highest BCUT2D eigenvalue weighted by atomic mass is 15.0. The lowest BCUT2D eigenvalue weighted by molar-refractivity contribution is 0.923. The Labute approximate surface area is 193 Å². The van der Waals surface area contributed by atoms with Crippen LogP contribution in [-0.4, -0.2) is 23.1 Å². The van der Waals surface area contributed by atoms with Crippen molar-refractivity contribution in [1.29, 1.82) is 0 Å². The van der Waals surface area contributed by atoms with E-state index in [-0.39, 0.29) is 1.43 Å². The van der Waals surface area contributed by atoms with E-state index in [9.17, 15) is 0 Å². The van der Waals surface area contributed by atoms with Crippen LogP contribution in [0.3, 0.4) is 0 Å². The molecule has 0 saturated carbocycles. The third-order valence-electron chi connectivity index (χ3n) is 5.08. The van der Waals surface area contributed by atoms with E-state index in [1.54, 1.807) is 0 Å². The summed E-state index contributed by atoms with van der Waals surface area (Å²) in [6.45, 7) is 10.2. The van der Waals surface area contributed by atoms with Gasteiger partial charge in [-0.15, -0.1) is 0 Å². The number of aromatic nitrogens is 2. The maximum atomic E-state index is 4.56. The van der Waals surface area contributed by atoms with Crippen molar-refractivity contribution in [3.8, 4) is 0 Å². The van der Waals surface area contributed by atoms with Crippen LogP contribution in [0.2, 0.25) is 0 Å². The summed E-state index contributed by atoms with van der Waals surface area (Å²) in [5, 5.41) is 8.85. The number of nitrogens with zero attached hydrogens (tertiary/aromatic N) is 2. The quantitative estimate of drug-likeness (QED) is 0.319. The van der Waals surface area contributed by atoms with E-state index < -0.39 is 0 Å². The molecule has 0 atom stereocenters. The lowest BCUT2D eigenvalue weighted by atomic mass is 10.1. The molecule has 0 aliphatic carbocycles. The molecule has 32 heavy (non-hydrogen) atoms. The van der Waals surface area contributed by atoms with Gasteiger partial charge in [-0.05, 0) is 86.8 Å². The molecule has 168 valence electrons. The summed E-state index contributed by atoms with van der Waals surface area (Å²) in [5.41, 5.74) is 4.71. The Bertz CT molecular complexity index is 1140. The Morgan fingerprint density at radius 1 is 0.750 bits per heavy atom. The zero-order valence-corrected chi connectivity index (χ0v) is 19.7. The molecule has 2 heterocycles. The average molecular weight is 429 g/mol. The smallest absolute Gasteiger partial charge is 0.126 e. The highest BCUT2D eigenvalue weighted by Crippen LogP contribution is 2.19. The number of hydrogen-bond acceptors (Lipinski definition) is 4. The number of hydrogen-bond donors (Lipinski definition) is 2. The van der Waals surface area contributed by atoms with E-state index in [4.69, 9.17) is 0 Å². The second-order valence-corrected chi connectivity index (χ2v) is 7.68. The van der Waals surface area contributed by atoms with Gasteiger partial charge in [0.2, 0.25) is 0 Å². The van der Waals surface area contributed by atoms with Crippen LogP contribution in [0.5, 0.6) is 0 Å². The summed E-state index contributed by atoms with van der Waals surface area (Å²) in [6, 6.07) is 21.1. The Morgan fingerprint density at radius 2 is 1.34 bits per heavy atom. The Morgan fingerprint density at radius 3 is 1.91 bits per heavy atom. The van der Waals surface area contributed by atoms with Gasteiger partial charge in [0, 0.05) is 25.3 Å². The molecule has 0 radical (unpaired) electrons. The minimum atomic E-state index is 0. The summed E-state index contributed by atoms with van der Waals surface area (Å²) >= 11 is 0. The van der Waals surface area contributed by atoms with Crippen LogP contribution in [0, 0.1) is 0 Å². The molecule has 0 unspecified atom stereocenters. The molecule has 0 saturated heterocycles. The second kappa shape index (κ2) is 11.8. The fraction of sp³-hybridized carbons (Fsp3) is 0.286. The van der Waals surface area contributed by atoms with E-state index in [0.29, 0.717) is 0 Å². The SMILES string of the molecule is C/C=C/c1ccc2nc(NCC)ccc2c1.CCCc1ccc2nc(NCC)ccc2c1.[HH]. The van der Waals surface area contributed by atoms with Crippen molar-refractivity contribution >= 4 is 39.5 Å². The number of nitrogens with one attached hydrogen (secondary N) is 2. The molecule has 0 aliphatic rings. The molecule has 0 bridgehead atoms. The number of rotatable bonds is 7. The standard InChI is InChI=1S/C14H18N2.C14H16N2.H2/c2*1-3-5-11-6-8-13-12(10-11)7-9-14(16-13)15-4-2;/h6-10H,3-5H2,1-2H3,(H,15,16);3,5-10H,4H2,1-2H3,(H,15,16);1H/b;5-3+;. The van der Waals surface area contributed by atoms with Gasteiger partial charge in [0.1, 0.15) is 11.6 Å². The van der Waals surface area contributed by atoms with Gasteiger partial charge in [0.05, 0.1) is 11.0 Å². The predicted octanol–water partition coefficient (Wildman–Crippen LogP) is 7.56. The monoisotopic (exact) mass is 428 g/mol. The van der Waals surface area contributed by atoms with Gasteiger partial charge in [-0.1, -0.05) is 37.6 Å². The lowest BCUT2D eigenvalue weighted by Gasteiger charge is -2.05. The first kappa shape index (κ1) is 23.3. The van der Waals surface area contributed by atoms with Crippen molar-refractivity contribution in [2.75, 3.05) is 23.7 Å². The molecule has 4 nitrogen and oxygen atoms in total. The third-order valence-corrected chi connectivity index (χ3v) is 5.08. The number of benzene rings is 2. The summed E-state index contributed by atoms with van der Waals surface area (Å²) in [4.78, 5) is 9.09. The summed E-state index contributed by atoms with van der Waals surface area (Å²) in [7, 11) is 0. The van der Waals surface area contributed by atoms with Crippen LogP contribution in [0.15, 0.2) is 66.7 Å². The Balaban J connectivity index is 0.000000227. The number of fused-ring (bicyclic) bond motifs is 2. The zero-order valence-electron chi connectivity index (χ0n) is 19.7. The van der Waals surface area contributed by atoms with E-state index in [1.165, 1.54) is 28.3 Å². The van der Waals surface area contributed by atoms with Crippen LogP contribution in [0.25, 0.3) is 27.9 Å². The molecular weight excluding hydrogens is 392 g/mol. The largest absolute Gasteiger partial charge is 0.370 e. The fourth-order valence-electron chi connectivity index (χ4n) is 3.62. The first-order chi connectivity index (χ1) is 15.7. The van der Waals surface area contributed by atoms with E-state index >= 15 is 0 Å². The third kappa shape index (κ3) is 6.30. The van der Waals surface area contributed by atoms with Crippen LogP contribution >= 0.6 is 0 Å². The molecule has 0 spiro atoms. The van der Waals surface area contributed by atoms with Gasteiger partial charge < -0.3 is 10.6 Å². The van der Waals surface area contributed by atoms with Crippen LogP contribution in [0.4, 0.5) is 11.6 Å². The summed E-state index contributed by atoms with van der Waals surface area (Å²) < 4.78 is 0. The molecule has 0 aliphatic heterocycles. The minimum absolute atomic E-state index is 0. The fourth-order valence-corrected chi connectivity index (χ4v) is 3.62. The molecule has 2 N–H and O–H groups in total. The maximum Gasteiger partial charge on any atom is 0.126 e. The molecule has 4 rings (SSSR count). The first-order valence-corrected chi connectivity index (χ1v) is 11.6. The number of aryl methyl sites for hydroxylation is 1. The van der Waals surface area contributed by atoms with Gasteiger partial charge in [-0.25, -0.2) is 9.97 Å². The molecule has 4 heteroatoms. The topological polar surface area (TPSA) is 49.8 Å². The van der Waals surface area contributed by atoms with Crippen molar-refractivity contribution in [2.24, 2.45) is 0 Å². The summed E-state index contributed by atoms with van der Waals surface area (Å²) in [5.74, 6) is 1.90.